The highest BCUT2D eigenvalue weighted by molar-refractivity contribution is 7.91. The van der Waals surface area contributed by atoms with Crippen LogP contribution in [-0.2, 0) is 21.1 Å². The fourth-order valence-corrected chi connectivity index (χ4v) is 4.49. The third kappa shape index (κ3) is 3.48. The molecule has 1 aliphatic heterocycles. The summed E-state index contributed by atoms with van der Waals surface area (Å²) >= 11 is 0. The maximum atomic E-state index is 12.1. The van der Waals surface area contributed by atoms with Crippen molar-refractivity contribution in [2.45, 2.75) is 45.6 Å². The highest BCUT2D eigenvalue weighted by atomic mass is 32.2. The second-order valence-corrected chi connectivity index (χ2v) is 7.73. The Kier molecular flexibility index (Phi) is 4.62. The smallest absolute Gasteiger partial charge is 0.151 e. The summed E-state index contributed by atoms with van der Waals surface area (Å²) in [5.41, 5.74) is 0.742. The van der Waals surface area contributed by atoms with Gasteiger partial charge in [0.2, 0.25) is 0 Å². The molecule has 0 saturated carbocycles. The van der Waals surface area contributed by atoms with E-state index in [0.29, 0.717) is 12.5 Å². The lowest BCUT2D eigenvalue weighted by molar-refractivity contribution is -0.121. The van der Waals surface area contributed by atoms with Gasteiger partial charge in [-0.3, -0.25) is 9.48 Å². The zero-order chi connectivity index (χ0) is 14.8. The molecular weight excluding hydrogens is 276 g/mol. The summed E-state index contributed by atoms with van der Waals surface area (Å²) in [5.74, 6) is -0.177. The number of aromatic nitrogens is 2. The Balaban J connectivity index is 1.99. The number of sulfone groups is 1. The normalized spacial score (nSPS) is 21.4. The second kappa shape index (κ2) is 6.08. The van der Waals surface area contributed by atoms with Crippen LogP contribution in [0.1, 0.15) is 44.8 Å². The molecule has 2 rings (SSSR count). The Morgan fingerprint density at radius 3 is 2.70 bits per heavy atom. The van der Waals surface area contributed by atoms with Crippen molar-refractivity contribution in [2.75, 3.05) is 11.5 Å². The maximum Gasteiger partial charge on any atom is 0.151 e. The van der Waals surface area contributed by atoms with E-state index < -0.39 is 9.84 Å². The van der Waals surface area contributed by atoms with Gasteiger partial charge in [0.05, 0.1) is 29.7 Å². The molecule has 6 heteroatoms. The molecule has 0 bridgehead atoms. The molecule has 5 nitrogen and oxygen atoms in total. The molecule has 1 aliphatic rings. The number of nitrogens with zero attached hydrogens (tertiary/aromatic N) is 2. The van der Waals surface area contributed by atoms with Crippen LogP contribution in [0.4, 0.5) is 0 Å². The minimum Gasteiger partial charge on any atom is -0.299 e. The topological polar surface area (TPSA) is 69.0 Å². The van der Waals surface area contributed by atoms with E-state index in [4.69, 9.17) is 0 Å². The number of rotatable bonds is 6. The first-order valence-corrected chi connectivity index (χ1v) is 9.04. The van der Waals surface area contributed by atoms with Crippen molar-refractivity contribution in [2.24, 2.45) is 5.92 Å². The van der Waals surface area contributed by atoms with Gasteiger partial charge in [0, 0.05) is 12.1 Å². The molecule has 1 unspecified atom stereocenters. The van der Waals surface area contributed by atoms with Gasteiger partial charge in [-0.15, -0.1) is 0 Å². The van der Waals surface area contributed by atoms with E-state index in [1.807, 2.05) is 16.9 Å². The zero-order valence-electron chi connectivity index (χ0n) is 12.1. The van der Waals surface area contributed by atoms with Gasteiger partial charge in [0.15, 0.2) is 9.84 Å². The minimum atomic E-state index is -3.00. The van der Waals surface area contributed by atoms with Crippen LogP contribution in [-0.4, -0.2) is 35.5 Å². The second-order valence-electron chi connectivity index (χ2n) is 5.50. The lowest BCUT2D eigenvalue weighted by Gasteiger charge is -2.12. The van der Waals surface area contributed by atoms with Gasteiger partial charge in [-0.1, -0.05) is 13.8 Å². The Labute approximate surface area is 120 Å². The molecule has 0 spiro atoms. The van der Waals surface area contributed by atoms with Gasteiger partial charge in [-0.05, 0) is 25.3 Å². The van der Waals surface area contributed by atoms with E-state index in [9.17, 15) is 13.2 Å². The van der Waals surface area contributed by atoms with Crippen LogP contribution in [0.2, 0.25) is 0 Å². The fraction of sp³-hybridized carbons (Fsp3) is 0.714. The summed E-state index contributed by atoms with van der Waals surface area (Å²) in [7, 11) is -3.00. The predicted molar refractivity (Wildman–Crippen MR) is 77.3 cm³/mol. The molecule has 1 fully saturated rings. The molecule has 1 aromatic heterocycles. The van der Waals surface area contributed by atoms with E-state index in [-0.39, 0.29) is 29.6 Å². The third-order valence-electron chi connectivity index (χ3n) is 4.02. The molecule has 1 atom stereocenters. The molecule has 0 aromatic carbocycles. The van der Waals surface area contributed by atoms with E-state index in [1.165, 1.54) is 0 Å². The number of Topliss-reactive ketones (excluding diaryl/α,β-unsaturated/α-hetero) is 1. The van der Waals surface area contributed by atoms with Gasteiger partial charge in [0.25, 0.3) is 0 Å². The van der Waals surface area contributed by atoms with Crippen molar-refractivity contribution in [1.29, 1.82) is 0 Å². The van der Waals surface area contributed by atoms with Crippen molar-refractivity contribution in [1.82, 2.24) is 9.78 Å². The van der Waals surface area contributed by atoms with Gasteiger partial charge >= 0.3 is 0 Å². The zero-order valence-corrected chi connectivity index (χ0v) is 12.9. The monoisotopic (exact) mass is 298 g/mol. The summed E-state index contributed by atoms with van der Waals surface area (Å²) in [6, 6.07) is 2.23. The Hall–Kier alpha value is -1.17. The van der Waals surface area contributed by atoms with E-state index in [1.54, 1.807) is 0 Å². The van der Waals surface area contributed by atoms with Crippen LogP contribution >= 0.6 is 0 Å². The molecule has 1 aromatic rings. The van der Waals surface area contributed by atoms with Gasteiger partial charge in [-0.2, -0.15) is 5.10 Å². The largest absolute Gasteiger partial charge is 0.299 e. The van der Waals surface area contributed by atoms with E-state index >= 15 is 0 Å². The van der Waals surface area contributed by atoms with Crippen LogP contribution in [0.5, 0.6) is 0 Å². The van der Waals surface area contributed by atoms with Crippen molar-refractivity contribution in [3.05, 3.63) is 18.0 Å². The summed E-state index contributed by atoms with van der Waals surface area (Å²) in [6.07, 6.45) is 4.63. The summed E-state index contributed by atoms with van der Waals surface area (Å²) in [5, 5.41) is 4.45. The Morgan fingerprint density at radius 2 is 2.15 bits per heavy atom. The number of carbonyl (C=O) groups excluding carboxylic acids is 1. The van der Waals surface area contributed by atoms with Crippen LogP contribution in [0, 0.1) is 5.92 Å². The maximum absolute atomic E-state index is 12.1. The Morgan fingerprint density at radius 1 is 1.45 bits per heavy atom. The molecule has 0 radical (unpaired) electrons. The summed E-state index contributed by atoms with van der Waals surface area (Å²) in [4.78, 5) is 12.1. The molecule has 0 amide bonds. The van der Waals surface area contributed by atoms with Crippen LogP contribution in [0.25, 0.3) is 0 Å². The average Bonchev–Trinajstić information content (AvgIpc) is 2.98. The predicted octanol–water partition coefficient (Wildman–Crippen LogP) is 1.79. The number of hydrogen-bond donors (Lipinski definition) is 0. The molecule has 0 N–H and O–H groups in total. The molecular formula is C14H22N2O3S. The van der Waals surface area contributed by atoms with Crippen molar-refractivity contribution >= 4 is 15.6 Å². The number of ketones is 1. The first kappa shape index (κ1) is 15.2. The lowest BCUT2D eigenvalue weighted by Crippen LogP contribution is -2.18. The number of hydrogen-bond acceptors (Lipinski definition) is 4. The highest BCUT2D eigenvalue weighted by Gasteiger charge is 2.32. The van der Waals surface area contributed by atoms with Gasteiger partial charge in [-0.25, -0.2) is 8.42 Å². The first-order valence-electron chi connectivity index (χ1n) is 7.22. The third-order valence-corrected chi connectivity index (χ3v) is 5.79. The quantitative estimate of drug-likeness (QED) is 0.803. The summed E-state index contributed by atoms with van der Waals surface area (Å²) in [6.45, 7) is 4.23. The standard InChI is InChI=1S/C14H22N2O3S/c1-3-13(4-2)16-7-5-12(15-16)9-14(17)11-6-8-20(18,19)10-11/h5,7,11,13H,3-4,6,8-10H2,1-2H3. The highest BCUT2D eigenvalue weighted by Crippen LogP contribution is 2.21. The minimum absolute atomic E-state index is 0.000807. The van der Waals surface area contributed by atoms with Crippen molar-refractivity contribution in [3.63, 3.8) is 0 Å². The SMILES string of the molecule is CCC(CC)n1ccc(CC(=O)C2CCS(=O)(=O)C2)n1. The molecule has 1 saturated heterocycles. The van der Waals surface area contributed by atoms with E-state index in [2.05, 4.69) is 18.9 Å². The van der Waals surface area contributed by atoms with Crippen molar-refractivity contribution in [3.8, 4) is 0 Å². The molecule has 2 heterocycles. The Bertz CT molecular complexity index is 573. The van der Waals surface area contributed by atoms with Crippen molar-refractivity contribution < 1.29 is 13.2 Å². The average molecular weight is 298 g/mol. The molecule has 112 valence electrons. The molecule has 20 heavy (non-hydrogen) atoms. The lowest BCUT2D eigenvalue weighted by atomic mass is 10.0. The van der Waals surface area contributed by atoms with E-state index in [0.717, 1.165) is 18.5 Å². The van der Waals surface area contributed by atoms with Crippen LogP contribution in [0.15, 0.2) is 12.3 Å². The number of carbonyl (C=O) groups is 1. The van der Waals surface area contributed by atoms with Gasteiger partial charge in [0.1, 0.15) is 5.78 Å². The van der Waals surface area contributed by atoms with Gasteiger partial charge < -0.3 is 0 Å². The summed E-state index contributed by atoms with van der Waals surface area (Å²) < 4.78 is 24.7. The molecule has 0 aliphatic carbocycles. The van der Waals surface area contributed by atoms with Crippen LogP contribution in [0.3, 0.4) is 0 Å². The van der Waals surface area contributed by atoms with Crippen LogP contribution < -0.4 is 0 Å². The first-order chi connectivity index (χ1) is 9.45. The fourth-order valence-electron chi connectivity index (χ4n) is 2.71.